The molecule has 0 bridgehead atoms. The van der Waals surface area contributed by atoms with Gasteiger partial charge in [0.25, 0.3) is 29.8 Å². The summed E-state index contributed by atoms with van der Waals surface area (Å²) in [5, 5.41) is 37.1. The smallest absolute Gasteiger partial charge is 0.300 e. The second-order valence-electron chi connectivity index (χ2n) is 4.08. The number of hydrogen-bond donors (Lipinski definition) is 5. The van der Waals surface area contributed by atoms with Crippen LogP contribution in [0.25, 0.3) is 0 Å². The molecule has 0 radical (unpaired) electrons. The van der Waals surface area contributed by atoms with Crippen LogP contribution in [-0.4, -0.2) is 55.4 Å². The largest absolute Gasteiger partial charge is 0.481 e. The molecule has 0 aromatic heterocycles. The van der Waals surface area contributed by atoms with Gasteiger partial charge in [-0.1, -0.05) is 20.4 Å². The van der Waals surface area contributed by atoms with E-state index >= 15 is 0 Å². The molecule has 27 heavy (non-hydrogen) atoms. The summed E-state index contributed by atoms with van der Waals surface area (Å²) in [6.07, 6.45) is 2.19. The van der Waals surface area contributed by atoms with Crippen LogP contribution in [0, 0.1) is 0 Å². The molecule has 0 aromatic rings. The van der Waals surface area contributed by atoms with E-state index < -0.39 is 29.8 Å². The molecule has 10 nitrogen and oxygen atoms in total. The summed E-state index contributed by atoms with van der Waals surface area (Å²) in [7, 11) is 0. The summed E-state index contributed by atoms with van der Waals surface area (Å²) in [5.74, 6) is -4.17. The standard InChI is InChI=1S/C7H12.5C2H4O2/c1-4-7(5-2)6-3;5*1-2(3)4/h1,5-6H2,2-3H3;5*1H3,(H,3,4). The molecule has 0 aromatic carbocycles. The minimum atomic E-state index is -0.833. The van der Waals surface area contributed by atoms with Crippen molar-refractivity contribution in [1.29, 1.82) is 0 Å². The summed E-state index contributed by atoms with van der Waals surface area (Å²) >= 11 is 0. The van der Waals surface area contributed by atoms with Crippen LogP contribution in [0.15, 0.2) is 17.9 Å². The summed E-state index contributed by atoms with van der Waals surface area (Å²) in [4.78, 5) is 45.0. The van der Waals surface area contributed by atoms with Gasteiger partial charge in [0, 0.05) is 34.6 Å². The zero-order valence-corrected chi connectivity index (χ0v) is 16.9. The van der Waals surface area contributed by atoms with Crippen molar-refractivity contribution in [1.82, 2.24) is 0 Å². The van der Waals surface area contributed by atoms with Gasteiger partial charge < -0.3 is 25.5 Å². The second kappa shape index (κ2) is 34.3. The van der Waals surface area contributed by atoms with Crippen LogP contribution < -0.4 is 0 Å². The Hall–Kier alpha value is -3.13. The molecule has 0 saturated heterocycles. The number of hydrogen-bond acceptors (Lipinski definition) is 5. The lowest BCUT2D eigenvalue weighted by molar-refractivity contribution is -0.135. The van der Waals surface area contributed by atoms with Gasteiger partial charge in [-0.15, -0.1) is 5.73 Å². The van der Waals surface area contributed by atoms with Crippen molar-refractivity contribution < 1.29 is 49.5 Å². The van der Waals surface area contributed by atoms with Crippen LogP contribution in [0.4, 0.5) is 0 Å². The van der Waals surface area contributed by atoms with Crippen LogP contribution in [0.5, 0.6) is 0 Å². The van der Waals surface area contributed by atoms with E-state index in [4.69, 9.17) is 49.5 Å². The average molecular weight is 396 g/mol. The maximum Gasteiger partial charge on any atom is 0.300 e. The maximum atomic E-state index is 9.00. The van der Waals surface area contributed by atoms with E-state index in [1.807, 2.05) is 0 Å². The van der Waals surface area contributed by atoms with E-state index in [2.05, 4.69) is 26.2 Å². The van der Waals surface area contributed by atoms with Gasteiger partial charge in [0.15, 0.2) is 0 Å². The third kappa shape index (κ3) is 1210. The fraction of sp³-hybridized carbons (Fsp3) is 0.529. The normalized spacial score (nSPS) is 6.63. The maximum absolute atomic E-state index is 9.00. The molecule has 0 fully saturated rings. The quantitative estimate of drug-likeness (QED) is 0.434. The molecular weight excluding hydrogens is 364 g/mol. The highest BCUT2D eigenvalue weighted by Crippen LogP contribution is 2.00. The van der Waals surface area contributed by atoms with E-state index in [1.54, 1.807) is 0 Å². The molecule has 0 amide bonds. The van der Waals surface area contributed by atoms with Gasteiger partial charge in [0.1, 0.15) is 0 Å². The third-order valence-corrected chi connectivity index (χ3v) is 1.10. The first-order valence-electron chi connectivity index (χ1n) is 7.36. The second-order valence-corrected chi connectivity index (χ2v) is 4.08. The number of carboxylic acids is 5. The van der Waals surface area contributed by atoms with Crippen molar-refractivity contribution in [2.24, 2.45) is 0 Å². The molecule has 0 unspecified atom stereocenters. The number of rotatable bonds is 2. The lowest BCUT2D eigenvalue weighted by Crippen LogP contribution is -1.78. The van der Waals surface area contributed by atoms with Gasteiger partial charge in [-0.2, -0.15) is 0 Å². The van der Waals surface area contributed by atoms with Crippen molar-refractivity contribution in [2.75, 3.05) is 0 Å². The highest BCUT2D eigenvalue weighted by molar-refractivity contribution is 5.63. The number of carbonyl (C=O) groups is 5. The van der Waals surface area contributed by atoms with Crippen molar-refractivity contribution in [2.45, 2.75) is 61.3 Å². The summed E-state index contributed by atoms with van der Waals surface area (Å²) in [6, 6.07) is 0. The van der Waals surface area contributed by atoms with Crippen molar-refractivity contribution >= 4 is 29.8 Å². The van der Waals surface area contributed by atoms with Crippen molar-refractivity contribution in [3.63, 3.8) is 0 Å². The molecule has 0 aliphatic heterocycles. The van der Waals surface area contributed by atoms with Crippen LogP contribution in [0.3, 0.4) is 0 Å². The van der Waals surface area contributed by atoms with Gasteiger partial charge in [-0.25, -0.2) is 0 Å². The van der Waals surface area contributed by atoms with Gasteiger partial charge >= 0.3 is 0 Å². The Bertz CT molecular complexity index is 365. The number of allylic oxidation sites excluding steroid dienone is 1. The highest BCUT2D eigenvalue weighted by Gasteiger charge is 1.81. The fourth-order valence-electron chi connectivity index (χ4n) is 0.500. The van der Waals surface area contributed by atoms with E-state index in [0.717, 1.165) is 47.5 Å². The van der Waals surface area contributed by atoms with E-state index in [0.29, 0.717) is 0 Å². The van der Waals surface area contributed by atoms with Crippen LogP contribution in [-0.2, 0) is 24.0 Å². The lowest BCUT2D eigenvalue weighted by atomic mass is 10.2. The molecule has 0 atom stereocenters. The molecule has 10 heteroatoms. The SMILES string of the molecule is C=C=C(CC)CC.CC(=O)O.CC(=O)O.CC(=O)O.CC(=O)O.CC(=O)O. The summed E-state index contributed by atoms with van der Waals surface area (Å²) in [5.41, 5.74) is 4.19. The molecule has 0 aliphatic rings. The topological polar surface area (TPSA) is 186 Å². The number of carboxylic acid groups (broad SMARTS) is 5. The fourth-order valence-corrected chi connectivity index (χ4v) is 0.500. The minimum absolute atomic E-state index is 0.833. The average Bonchev–Trinajstić information content (AvgIpc) is 2.37. The zero-order valence-electron chi connectivity index (χ0n) is 16.9. The number of aliphatic carboxylic acids is 5. The Kier molecular flexibility index (Phi) is 49.6. The van der Waals surface area contributed by atoms with Crippen molar-refractivity contribution in [3.05, 3.63) is 17.9 Å². The van der Waals surface area contributed by atoms with Crippen LogP contribution >= 0.6 is 0 Å². The van der Waals surface area contributed by atoms with Gasteiger partial charge in [-0.3, -0.25) is 24.0 Å². The molecule has 0 heterocycles. The third-order valence-electron chi connectivity index (χ3n) is 1.10. The molecule has 0 aliphatic carbocycles. The molecule has 0 rings (SSSR count). The Morgan fingerprint density at radius 2 is 0.704 bits per heavy atom. The molecule has 0 saturated carbocycles. The molecular formula is C17H32O10. The Balaban J connectivity index is -0.0000000500. The van der Waals surface area contributed by atoms with Crippen LogP contribution in [0.2, 0.25) is 0 Å². The zero-order chi connectivity index (χ0) is 23.6. The first-order chi connectivity index (χ1) is 12.0. The molecule has 5 N–H and O–H groups in total. The lowest BCUT2D eigenvalue weighted by Gasteiger charge is -1.89. The predicted molar refractivity (Wildman–Crippen MR) is 99.8 cm³/mol. The van der Waals surface area contributed by atoms with Gasteiger partial charge in [0.2, 0.25) is 0 Å². The predicted octanol–water partition coefficient (Wildman–Crippen LogP) is 2.97. The summed E-state index contributed by atoms with van der Waals surface area (Å²) in [6.45, 7) is 13.2. The summed E-state index contributed by atoms with van der Waals surface area (Å²) < 4.78 is 0. The minimum Gasteiger partial charge on any atom is -0.481 e. The molecule has 160 valence electrons. The monoisotopic (exact) mass is 396 g/mol. The highest BCUT2D eigenvalue weighted by atomic mass is 16.4. The van der Waals surface area contributed by atoms with E-state index in [9.17, 15) is 0 Å². The van der Waals surface area contributed by atoms with Gasteiger partial charge in [-0.05, 0) is 18.4 Å². The van der Waals surface area contributed by atoms with Crippen LogP contribution in [0.1, 0.15) is 61.3 Å². The first-order valence-corrected chi connectivity index (χ1v) is 7.36. The van der Waals surface area contributed by atoms with Crippen molar-refractivity contribution in [3.8, 4) is 0 Å². The van der Waals surface area contributed by atoms with Gasteiger partial charge in [0.05, 0.1) is 0 Å². The Morgan fingerprint density at radius 3 is 0.704 bits per heavy atom. The molecule has 0 spiro atoms. The Morgan fingerprint density at radius 1 is 0.593 bits per heavy atom. The van der Waals surface area contributed by atoms with E-state index in [1.165, 1.54) is 5.57 Å². The van der Waals surface area contributed by atoms with E-state index in [-0.39, 0.29) is 0 Å². The first kappa shape index (κ1) is 39.1. The Labute approximate surface area is 159 Å².